The van der Waals surface area contributed by atoms with E-state index in [1.165, 1.54) is 6.07 Å². The number of carbonyl (C=O) groups excluding carboxylic acids is 1. The maximum absolute atomic E-state index is 11.6. The number of benzene rings is 1. The largest absolute Gasteiger partial charge is 0.369 e. The van der Waals surface area contributed by atoms with Crippen LogP contribution in [0.4, 0.5) is 17.2 Å². The Morgan fingerprint density at radius 1 is 1.44 bits per heavy atom. The van der Waals surface area contributed by atoms with Crippen LogP contribution in [0.25, 0.3) is 0 Å². The summed E-state index contributed by atoms with van der Waals surface area (Å²) in [5.74, 6) is -0.200. The molecule has 2 heterocycles. The fraction of sp³-hybridized carbons (Fsp3) is 0.294. The highest BCUT2D eigenvalue weighted by Gasteiger charge is 2.27. The number of carbonyl (C=O) groups is 1. The number of primary amides is 1. The van der Waals surface area contributed by atoms with Gasteiger partial charge in [-0.1, -0.05) is 12.1 Å². The molecule has 1 saturated heterocycles. The number of aromatic nitrogens is 1. The van der Waals surface area contributed by atoms with Gasteiger partial charge in [0.15, 0.2) is 0 Å². The molecule has 1 fully saturated rings. The Morgan fingerprint density at radius 3 is 2.92 bits per heavy atom. The molecule has 2 aromatic rings. The molecule has 1 unspecified atom stereocenters. The zero-order chi connectivity index (χ0) is 18.0. The zero-order valence-corrected chi connectivity index (χ0v) is 13.8. The number of amides is 1. The summed E-state index contributed by atoms with van der Waals surface area (Å²) in [6.07, 6.45) is 2.38. The van der Waals surface area contributed by atoms with E-state index in [1.807, 2.05) is 12.1 Å². The first-order valence-electron chi connectivity index (χ1n) is 7.97. The molecular weight excluding hydrogens is 322 g/mol. The number of nitrogens with one attached hydrogen (secondary N) is 1. The van der Waals surface area contributed by atoms with Crippen LogP contribution in [-0.2, 0) is 0 Å². The van der Waals surface area contributed by atoms with E-state index < -0.39 is 10.8 Å². The molecule has 1 aliphatic heterocycles. The molecular formula is C17H19N5O3. The quantitative estimate of drug-likeness (QED) is 0.636. The Morgan fingerprint density at radius 2 is 2.20 bits per heavy atom. The molecule has 8 heteroatoms. The van der Waals surface area contributed by atoms with E-state index in [2.05, 4.69) is 15.2 Å². The van der Waals surface area contributed by atoms with Crippen molar-refractivity contribution < 1.29 is 9.72 Å². The third-order valence-corrected chi connectivity index (χ3v) is 4.24. The number of pyridine rings is 1. The molecule has 25 heavy (non-hydrogen) atoms. The molecule has 130 valence electrons. The minimum atomic E-state index is -0.470. The Bertz CT molecular complexity index is 824. The SMILES string of the molecule is Cc1cnc(NC2CCN(c3ccccc3C(N)=O)C2)c([N+](=O)[O-])c1. The third kappa shape index (κ3) is 3.52. The van der Waals surface area contributed by atoms with Gasteiger partial charge in [-0.2, -0.15) is 0 Å². The summed E-state index contributed by atoms with van der Waals surface area (Å²) < 4.78 is 0. The highest BCUT2D eigenvalue weighted by atomic mass is 16.6. The number of nitrogens with two attached hydrogens (primary N) is 1. The van der Waals surface area contributed by atoms with E-state index >= 15 is 0 Å². The number of hydrogen-bond acceptors (Lipinski definition) is 6. The maximum Gasteiger partial charge on any atom is 0.311 e. The number of hydrogen-bond donors (Lipinski definition) is 2. The fourth-order valence-corrected chi connectivity index (χ4v) is 3.05. The van der Waals surface area contributed by atoms with Crippen molar-refractivity contribution >= 4 is 23.1 Å². The van der Waals surface area contributed by atoms with Crippen LogP contribution in [0.2, 0.25) is 0 Å². The van der Waals surface area contributed by atoms with Gasteiger partial charge in [-0.3, -0.25) is 14.9 Å². The number of rotatable bonds is 5. The van der Waals surface area contributed by atoms with Crippen molar-refractivity contribution in [2.45, 2.75) is 19.4 Å². The summed E-state index contributed by atoms with van der Waals surface area (Å²) >= 11 is 0. The first kappa shape index (κ1) is 16.7. The van der Waals surface area contributed by atoms with Crippen LogP contribution in [0.5, 0.6) is 0 Å². The van der Waals surface area contributed by atoms with Gasteiger partial charge in [-0.05, 0) is 31.0 Å². The Labute approximate surface area is 144 Å². The Balaban J connectivity index is 1.77. The molecule has 3 rings (SSSR count). The summed E-state index contributed by atoms with van der Waals surface area (Å²) in [5, 5.41) is 14.4. The normalized spacial score (nSPS) is 16.7. The molecule has 1 aromatic heterocycles. The first-order chi connectivity index (χ1) is 12.0. The second-order valence-corrected chi connectivity index (χ2v) is 6.09. The second kappa shape index (κ2) is 6.76. The molecule has 1 atom stereocenters. The smallest absolute Gasteiger partial charge is 0.311 e. The van der Waals surface area contributed by atoms with Gasteiger partial charge in [-0.25, -0.2) is 4.98 Å². The number of para-hydroxylation sites is 1. The van der Waals surface area contributed by atoms with Gasteiger partial charge in [0.1, 0.15) is 0 Å². The summed E-state index contributed by atoms with van der Waals surface area (Å²) in [7, 11) is 0. The standard InChI is InChI=1S/C17H19N5O3/c1-11-8-15(22(24)25)17(19-9-11)20-12-6-7-21(10-12)14-5-3-2-4-13(14)16(18)23/h2-5,8-9,12H,6-7,10H2,1H3,(H2,18,23)(H,19,20). The maximum atomic E-state index is 11.6. The van der Waals surface area contributed by atoms with Crippen molar-refractivity contribution in [3.8, 4) is 0 Å². The highest BCUT2D eigenvalue weighted by Crippen LogP contribution is 2.28. The van der Waals surface area contributed by atoms with Gasteiger partial charge in [0.05, 0.1) is 10.5 Å². The number of nitro groups is 1. The summed E-state index contributed by atoms with van der Waals surface area (Å²) in [5.41, 5.74) is 7.40. The van der Waals surface area contributed by atoms with E-state index in [0.717, 1.165) is 24.2 Å². The van der Waals surface area contributed by atoms with Crippen LogP contribution in [0.1, 0.15) is 22.3 Å². The van der Waals surface area contributed by atoms with Crippen molar-refractivity contribution in [1.29, 1.82) is 0 Å². The zero-order valence-electron chi connectivity index (χ0n) is 13.8. The Hall–Kier alpha value is -3.16. The highest BCUT2D eigenvalue weighted by molar-refractivity contribution is 5.98. The van der Waals surface area contributed by atoms with Crippen molar-refractivity contribution in [2.75, 3.05) is 23.3 Å². The summed E-state index contributed by atoms with van der Waals surface area (Å²) in [4.78, 5) is 28.6. The number of aryl methyl sites for hydroxylation is 1. The third-order valence-electron chi connectivity index (χ3n) is 4.24. The van der Waals surface area contributed by atoms with E-state index in [4.69, 9.17) is 5.73 Å². The van der Waals surface area contributed by atoms with Crippen molar-refractivity contribution in [3.63, 3.8) is 0 Å². The molecule has 0 spiro atoms. The van der Waals surface area contributed by atoms with Gasteiger partial charge in [-0.15, -0.1) is 0 Å². The van der Waals surface area contributed by atoms with Crippen LogP contribution >= 0.6 is 0 Å². The van der Waals surface area contributed by atoms with Crippen molar-refractivity contribution in [2.24, 2.45) is 5.73 Å². The molecule has 0 saturated carbocycles. The van der Waals surface area contributed by atoms with Crippen molar-refractivity contribution in [3.05, 3.63) is 57.8 Å². The molecule has 0 bridgehead atoms. The van der Waals surface area contributed by atoms with E-state index in [-0.39, 0.29) is 17.5 Å². The molecule has 1 amide bonds. The number of anilines is 2. The van der Waals surface area contributed by atoms with Crippen LogP contribution in [0.15, 0.2) is 36.5 Å². The predicted molar refractivity (Wildman–Crippen MR) is 94.8 cm³/mol. The minimum Gasteiger partial charge on any atom is -0.369 e. The van der Waals surface area contributed by atoms with Crippen LogP contribution in [0.3, 0.4) is 0 Å². The monoisotopic (exact) mass is 341 g/mol. The molecule has 0 radical (unpaired) electrons. The molecule has 3 N–H and O–H groups in total. The summed E-state index contributed by atoms with van der Waals surface area (Å²) in [6, 6.07) is 8.68. The van der Waals surface area contributed by atoms with Gasteiger partial charge in [0.2, 0.25) is 5.82 Å². The van der Waals surface area contributed by atoms with Gasteiger partial charge in [0, 0.05) is 37.1 Å². The van der Waals surface area contributed by atoms with Crippen LogP contribution in [0, 0.1) is 17.0 Å². The first-order valence-corrected chi connectivity index (χ1v) is 7.97. The minimum absolute atomic E-state index is 0.00478. The molecule has 1 aliphatic rings. The van der Waals surface area contributed by atoms with E-state index in [9.17, 15) is 14.9 Å². The molecule has 0 aliphatic carbocycles. The van der Waals surface area contributed by atoms with Crippen LogP contribution in [-0.4, -0.2) is 34.9 Å². The summed E-state index contributed by atoms with van der Waals surface area (Å²) in [6.45, 7) is 3.10. The average molecular weight is 341 g/mol. The Kier molecular flexibility index (Phi) is 4.51. The lowest BCUT2D eigenvalue weighted by Gasteiger charge is -2.21. The lowest BCUT2D eigenvalue weighted by Crippen LogP contribution is -2.28. The van der Waals surface area contributed by atoms with E-state index in [0.29, 0.717) is 12.1 Å². The molecule has 8 nitrogen and oxygen atoms in total. The van der Waals surface area contributed by atoms with Gasteiger partial charge in [0.25, 0.3) is 5.91 Å². The number of nitrogens with zero attached hydrogens (tertiary/aromatic N) is 3. The fourth-order valence-electron chi connectivity index (χ4n) is 3.05. The second-order valence-electron chi connectivity index (χ2n) is 6.09. The van der Waals surface area contributed by atoms with Gasteiger partial charge >= 0.3 is 5.69 Å². The van der Waals surface area contributed by atoms with E-state index in [1.54, 1.807) is 25.3 Å². The van der Waals surface area contributed by atoms with Gasteiger partial charge < -0.3 is 16.0 Å². The van der Waals surface area contributed by atoms with Crippen molar-refractivity contribution in [1.82, 2.24) is 4.98 Å². The lowest BCUT2D eigenvalue weighted by atomic mass is 10.1. The molecule has 1 aromatic carbocycles. The lowest BCUT2D eigenvalue weighted by molar-refractivity contribution is -0.384. The predicted octanol–water partition coefficient (Wildman–Crippen LogP) is 2.09. The topological polar surface area (TPSA) is 114 Å². The van der Waals surface area contributed by atoms with Crippen LogP contribution < -0.4 is 16.0 Å². The average Bonchev–Trinajstić information content (AvgIpc) is 3.04.